The van der Waals surface area contributed by atoms with Crippen LogP contribution in [0.2, 0.25) is 0 Å². The lowest BCUT2D eigenvalue weighted by atomic mass is 10.1. The van der Waals surface area contributed by atoms with E-state index >= 15 is 0 Å². The van der Waals surface area contributed by atoms with Crippen LogP contribution in [0, 0.1) is 5.82 Å². The first-order valence-corrected chi connectivity index (χ1v) is 7.82. The molecule has 0 aliphatic carbocycles. The summed E-state index contributed by atoms with van der Waals surface area (Å²) in [4.78, 5) is 8.00. The van der Waals surface area contributed by atoms with E-state index in [0.717, 1.165) is 33.9 Å². The molecule has 0 unspecified atom stereocenters. The predicted molar refractivity (Wildman–Crippen MR) is 91.3 cm³/mol. The first-order chi connectivity index (χ1) is 9.25. The molecule has 0 atom stereocenters. The average molecular weight is 371 g/mol. The summed E-state index contributed by atoms with van der Waals surface area (Å²) in [6.45, 7) is 3.90. The summed E-state index contributed by atoms with van der Waals surface area (Å²) < 4.78 is 14.5. The van der Waals surface area contributed by atoms with E-state index in [1.165, 1.54) is 21.9 Å². The Morgan fingerprint density at radius 2 is 2.15 bits per heavy atom. The van der Waals surface area contributed by atoms with Crippen LogP contribution in [0.15, 0.2) is 33.5 Å². The smallest absolute Gasteiger partial charge is 0.168 e. The van der Waals surface area contributed by atoms with Gasteiger partial charge in [0, 0.05) is 22.4 Å². The van der Waals surface area contributed by atoms with E-state index < -0.39 is 0 Å². The molecule has 0 saturated carbocycles. The van der Waals surface area contributed by atoms with Crippen molar-refractivity contribution in [2.45, 2.75) is 6.92 Å². The molecule has 0 radical (unpaired) electrons. The van der Waals surface area contributed by atoms with Crippen molar-refractivity contribution >= 4 is 61.0 Å². The van der Waals surface area contributed by atoms with E-state index in [4.69, 9.17) is 0 Å². The van der Waals surface area contributed by atoms with Crippen molar-refractivity contribution in [3.8, 4) is 0 Å². The number of fused-ring (bicyclic) bond motifs is 2. The Bertz CT molecular complexity index is 751. The molecular weight excluding hydrogens is 359 g/mol. The Morgan fingerprint density at radius 1 is 1.30 bits per heavy atom. The van der Waals surface area contributed by atoms with E-state index in [2.05, 4.69) is 16.8 Å². The number of thioether (sulfide) groups is 1. The van der Waals surface area contributed by atoms with E-state index in [-0.39, 0.29) is 22.8 Å². The van der Waals surface area contributed by atoms with E-state index in [1.807, 2.05) is 17.5 Å². The molecule has 4 rings (SSSR count). The van der Waals surface area contributed by atoms with Gasteiger partial charge >= 0.3 is 0 Å². The van der Waals surface area contributed by atoms with E-state index in [1.54, 1.807) is 17.8 Å². The average Bonchev–Trinajstić information content (AvgIpc) is 3.05. The molecule has 0 saturated heterocycles. The summed E-state index contributed by atoms with van der Waals surface area (Å²) in [5, 5.41) is 4.04. The van der Waals surface area contributed by atoms with Gasteiger partial charge in [-0.1, -0.05) is 11.8 Å². The topological polar surface area (TPSA) is 15.6 Å². The van der Waals surface area contributed by atoms with Crippen molar-refractivity contribution in [3.05, 3.63) is 39.9 Å². The second kappa shape index (κ2) is 5.16. The van der Waals surface area contributed by atoms with Gasteiger partial charge in [-0.15, -0.1) is 28.3 Å². The van der Waals surface area contributed by atoms with Gasteiger partial charge in [-0.3, -0.25) is 4.99 Å². The quantitative estimate of drug-likeness (QED) is 0.721. The fourth-order valence-corrected chi connectivity index (χ4v) is 4.53. The van der Waals surface area contributed by atoms with Crippen molar-refractivity contribution in [2.75, 3.05) is 13.1 Å². The van der Waals surface area contributed by atoms with Crippen LogP contribution in [-0.4, -0.2) is 23.2 Å². The summed E-state index contributed by atoms with van der Waals surface area (Å²) >= 11 is 3.18. The number of halogens is 2. The number of benzene rings is 1. The van der Waals surface area contributed by atoms with Crippen LogP contribution < -0.4 is 0 Å². The van der Waals surface area contributed by atoms with Crippen molar-refractivity contribution in [1.29, 1.82) is 0 Å². The number of nitrogens with zero attached hydrogens (tertiary/aromatic N) is 2. The molecule has 20 heavy (non-hydrogen) atoms. The maximum Gasteiger partial charge on any atom is 0.168 e. The monoisotopic (exact) mass is 370 g/mol. The summed E-state index contributed by atoms with van der Waals surface area (Å²) in [7, 11) is 0. The van der Waals surface area contributed by atoms with Crippen molar-refractivity contribution in [1.82, 2.24) is 4.90 Å². The Kier molecular flexibility index (Phi) is 3.64. The van der Waals surface area contributed by atoms with Gasteiger partial charge in [0.25, 0.3) is 0 Å². The molecule has 0 spiro atoms. The molecule has 1 aromatic carbocycles. The molecule has 0 amide bonds. The van der Waals surface area contributed by atoms with Gasteiger partial charge in [-0.25, -0.2) is 4.39 Å². The molecule has 6 heteroatoms. The normalized spacial score (nSPS) is 17.5. The zero-order chi connectivity index (χ0) is 13.0. The lowest BCUT2D eigenvalue weighted by molar-refractivity contribution is 0.639. The lowest BCUT2D eigenvalue weighted by Gasteiger charge is -2.18. The largest absolute Gasteiger partial charge is 0.318 e. The minimum Gasteiger partial charge on any atom is -0.318 e. The van der Waals surface area contributed by atoms with E-state index in [0.29, 0.717) is 0 Å². The Hall–Kier alpha value is -0.850. The van der Waals surface area contributed by atoms with Gasteiger partial charge in [-0.2, -0.15) is 0 Å². The Morgan fingerprint density at radius 3 is 3.00 bits per heavy atom. The lowest BCUT2D eigenvalue weighted by Crippen LogP contribution is -2.20. The first kappa shape index (κ1) is 14.1. The SMILES string of the molecule is Br.CC1=C(c2ccc(F)c3sccc23)N2CCN=C2S1. The van der Waals surface area contributed by atoms with Crippen LogP contribution in [0.3, 0.4) is 0 Å². The second-order valence-corrected chi connectivity index (χ2v) is 6.68. The van der Waals surface area contributed by atoms with Crippen molar-refractivity contribution in [2.24, 2.45) is 4.99 Å². The van der Waals surface area contributed by atoms with Crippen LogP contribution in [0.4, 0.5) is 4.39 Å². The molecule has 1 aromatic heterocycles. The zero-order valence-electron chi connectivity index (χ0n) is 10.7. The van der Waals surface area contributed by atoms with Gasteiger partial charge in [0.2, 0.25) is 0 Å². The molecule has 2 aliphatic heterocycles. The number of aliphatic imine (C=N–C) groups is 1. The number of thiophene rings is 1. The van der Waals surface area contributed by atoms with Gasteiger partial charge in [-0.05, 0) is 30.5 Å². The van der Waals surface area contributed by atoms with Crippen LogP contribution in [0.1, 0.15) is 12.5 Å². The van der Waals surface area contributed by atoms with Gasteiger partial charge in [0.05, 0.1) is 16.9 Å². The van der Waals surface area contributed by atoms with Crippen molar-refractivity contribution < 1.29 is 4.39 Å². The highest BCUT2D eigenvalue weighted by molar-refractivity contribution is 8.93. The van der Waals surface area contributed by atoms with Crippen LogP contribution in [0.5, 0.6) is 0 Å². The fraction of sp³-hybridized carbons (Fsp3) is 0.214. The number of rotatable bonds is 1. The summed E-state index contributed by atoms with van der Waals surface area (Å²) in [5.74, 6) is -0.132. The highest BCUT2D eigenvalue weighted by Gasteiger charge is 2.31. The molecule has 2 aromatic rings. The van der Waals surface area contributed by atoms with Gasteiger partial charge in [0.15, 0.2) is 5.17 Å². The summed E-state index contributed by atoms with van der Waals surface area (Å²) in [6, 6.07) is 5.48. The minimum atomic E-state index is -0.132. The molecule has 3 heterocycles. The summed E-state index contributed by atoms with van der Waals surface area (Å²) in [6.07, 6.45) is 0. The van der Waals surface area contributed by atoms with E-state index in [9.17, 15) is 4.39 Å². The van der Waals surface area contributed by atoms with Crippen LogP contribution in [0.25, 0.3) is 15.8 Å². The maximum atomic E-state index is 13.8. The molecule has 0 N–H and O–H groups in total. The molecule has 0 fully saturated rings. The Labute approximate surface area is 135 Å². The maximum absolute atomic E-state index is 13.8. The minimum absolute atomic E-state index is 0. The third-order valence-corrected chi connectivity index (χ3v) is 5.43. The van der Waals surface area contributed by atoms with Gasteiger partial charge < -0.3 is 4.90 Å². The highest BCUT2D eigenvalue weighted by atomic mass is 79.9. The first-order valence-electron chi connectivity index (χ1n) is 6.12. The van der Waals surface area contributed by atoms with Crippen LogP contribution in [-0.2, 0) is 0 Å². The van der Waals surface area contributed by atoms with Gasteiger partial charge in [0.1, 0.15) is 5.82 Å². The standard InChI is InChI=1S/C14H11FN2S2.BrH/c1-8-12(17-6-5-16-14(17)19-8)9-2-3-11(15)13-10(9)4-7-18-13;/h2-4,7H,5-6H2,1H3;1H. The zero-order valence-corrected chi connectivity index (χ0v) is 14.1. The fourth-order valence-electron chi connectivity index (χ4n) is 2.67. The summed E-state index contributed by atoms with van der Waals surface area (Å²) in [5.41, 5.74) is 2.32. The number of hydrogen-bond acceptors (Lipinski definition) is 4. The Balaban J connectivity index is 0.00000121. The molecule has 104 valence electrons. The van der Waals surface area contributed by atoms with Crippen molar-refractivity contribution in [3.63, 3.8) is 0 Å². The molecule has 2 aliphatic rings. The second-order valence-electron chi connectivity index (χ2n) is 4.58. The number of allylic oxidation sites excluding steroid dienone is 1. The third kappa shape index (κ3) is 1.93. The molecule has 0 bridgehead atoms. The third-order valence-electron chi connectivity index (χ3n) is 3.47. The number of amidine groups is 1. The van der Waals surface area contributed by atoms with Crippen LogP contribution >= 0.6 is 40.1 Å². The molecule has 2 nitrogen and oxygen atoms in total. The highest BCUT2D eigenvalue weighted by Crippen LogP contribution is 2.43. The predicted octanol–water partition coefficient (Wildman–Crippen LogP) is 4.73. The molecular formula is C14H12BrFN2S2. The number of hydrogen-bond donors (Lipinski definition) is 0.